The van der Waals surface area contributed by atoms with Crippen molar-refractivity contribution in [3.63, 3.8) is 0 Å². The molecular formula is C11H19N3O. The summed E-state index contributed by atoms with van der Waals surface area (Å²) in [5.74, 6) is 0. The molecule has 1 unspecified atom stereocenters. The van der Waals surface area contributed by atoms with E-state index in [-0.39, 0.29) is 6.04 Å². The van der Waals surface area contributed by atoms with Crippen LogP contribution < -0.4 is 0 Å². The molecule has 0 amide bonds. The number of aromatic nitrogens is 2. The number of carbonyl (C=O) groups is 1. The molecule has 1 atom stereocenters. The molecular weight excluding hydrogens is 190 g/mol. The van der Waals surface area contributed by atoms with Crippen molar-refractivity contribution in [2.24, 2.45) is 0 Å². The first-order valence-electron chi connectivity index (χ1n) is 5.42. The first-order valence-corrected chi connectivity index (χ1v) is 5.42. The number of imidazole rings is 1. The normalized spacial score (nSPS) is 13.1. The number of hydrogen-bond acceptors (Lipinski definition) is 3. The van der Waals surface area contributed by atoms with Crippen molar-refractivity contribution < 1.29 is 4.79 Å². The van der Waals surface area contributed by atoms with Crippen LogP contribution in [0.25, 0.3) is 0 Å². The molecule has 1 aromatic rings. The lowest BCUT2D eigenvalue weighted by Gasteiger charge is -2.23. The molecule has 1 rings (SSSR count). The van der Waals surface area contributed by atoms with Gasteiger partial charge in [-0.2, -0.15) is 0 Å². The molecule has 0 spiro atoms. The van der Waals surface area contributed by atoms with Gasteiger partial charge in [0.15, 0.2) is 6.29 Å². The van der Waals surface area contributed by atoms with Gasteiger partial charge >= 0.3 is 0 Å². The third-order valence-corrected chi connectivity index (χ3v) is 2.71. The Kier molecular flexibility index (Phi) is 4.49. The van der Waals surface area contributed by atoms with Gasteiger partial charge in [0.05, 0.1) is 12.5 Å². The molecule has 1 aromatic heterocycles. The summed E-state index contributed by atoms with van der Waals surface area (Å²) in [5.41, 5.74) is 0.648. The summed E-state index contributed by atoms with van der Waals surface area (Å²) in [6.45, 7) is 9.41. The second-order valence-corrected chi connectivity index (χ2v) is 3.68. The zero-order valence-corrected chi connectivity index (χ0v) is 9.68. The lowest BCUT2D eigenvalue weighted by molar-refractivity contribution is 0.111. The lowest BCUT2D eigenvalue weighted by atomic mass is 10.3. The Morgan fingerprint density at radius 1 is 1.53 bits per heavy atom. The van der Waals surface area contributed by atoms with E-state index in [1.54, 1.807) is 12.5 Å². The number of carbonyl (C=O) groups excluding carboxylic acids is 1. The highest BCUT2D eigenvalue weighted by Crippen LogP contribution is 2.10. The molecule has 0 fully saturated rings. The van der Waals surface area contributed by atoms with Gasteiger partial charge in [-0.15, -0.1) is 0 Å². The molecule has 0 aromatic carbocycles. The Labute approximate surface area is 90.9 Å². The fourth-order valence-corrected chi connectivity index (χ4v) is 1.72. The van der Waals surface area contributed by atoms with Gasteiger partial charge in [-0.25, -0.2) is 4.98 Å². The first kappa shape index (κ1) is 11.9. The standard InChI is InChI=1S/C11H19N3O/c1-4-13(5-2)7-10(3)14-9-12-6-11(14)8-15/h6,8-10H,4-5,7H2,1-3H3. The molecule has 4 nitrogen and oxygen atoms in total. The highest BCUT2D eigenvalue weighted by atomic mass is 16.1. The SMILES string of the molecule is CCN(CC)CC(C)n1cncc1C=O. The number of hydrogen-bond donors (Lipinski definition) is 0. The highest BCUT2D eigenvalue weighted by Gasteiger charge is 2.11. The van der Waals surface area contributed by atoms with E-state index >= 15 is 0 Å². The molecule has 4 heteroatoms. The summed E-state index contributed by atoms with van der Waals surface area (Å²) >= 11 is 0. The number of aldehydes is 1. The Balaban J connectivity index is 2.67. The van der Waals surface area contributed by atoms with Crippen LogP contribution in [-0.2, 0) is 0 Å². The van der Waals surface area contributed by atoms with E-state index in [0.717, 1.165) is 25.9 Å². The van der Waals surface area contributed by atoms with Crippen LogP contribution in [0.2, 0.25) is 0 Å². The molecule has 0 aliphatic carbocycles. The summed E-state index contributed by atoms with van der Waals surface area (Å²) in [6, 6.07) is 0.285. The van der Waals surface area contributed by atoms with Crippen LogP contribution in [0, 0.1) is 0 Å². The van der Waals surface area contributed by atoms with E-state index in [9.17, 15) is 4.79 Å². The van der Waals surface area contributed by atoms with Crippen LogP contribution in [0.3, 0.4) is 0 Å². The Hall–Kier alpha value is -1.16. The number of likely N-dealkylation sites (N-methyl/N-ethyl adjacent to an activating group) is 1. The lowest BCUT2D eigenvalue weighted by Crippen LogP contribution is -2.29. The topological polar surface area (TPSA) is 38.1 Å². The number of rotatable bonds is 6. The largest absolute Gasteiger partial charge is 0.324 e. The van der Waals surface area contributed by atoms with E-state index in [1.165, 1.54) is 0 Å². The smallest absolute Gasteiger partial charge is 0.168 e. The summed E-state index contributed by atoms with van der Waals surface area (Å²) in [4.78, 5) is 17.1. The van der Waals surface area contributed by atoms with Crippen molar-refractivity contribution in [2.75, 3.05) is 19.6 Å². The van der Waals surface area contributed by atoms with Crippen molar-refractivity contribution >= 4 is 6.29 Å². The Morgan fingerprint density at radius 2 is 2.20 bits per heavy atom. The van der Waals surface area contributed by atoms with Gasteiger partial charge in [-0.1, -0.05) is 13.8 Å². The molecule has 15 heavy (non-hydrogen) atoms. The van der Waals surface area contributed by atoms with Gasteiger partial charge in [-0.3, -0.25) is 4.79 Å². The third kappa shape index (κ3) is 2.89. The van der Waals surface area contributed by atoms with Crippen LogP contribution in [0.1, 0.15) is 37.3 Å². The van der Waals surface area contributed by atoms with Crippen molar-refractivity contribution in [3.8, 4) is 0 Å². The number of nitrogens with zero attached hydrogens (tertiary/aromatic N) is 3. The van der Waals surface area contributed by atoms with E-state index in [2.05, 4.69) is 30.7 Å². The van der Waals surface area contributed by atoms with Gasteiger partial charge in [-0.05, 0) is 20.0 Å². The van der Waals surface area contributed by atoms with Gasteiger partial charge in [0.25, 0.3) is 0 Å². The van der Waals surface area contributed by atoms with E-state index in [0.29, 0.717) is 5.69 Å². The van der Waals surface area contributed by atoms with Crippen LogP contribution >= 0.6 is 0 Å². The maximum atomic E-state index is 10.7. The maximum Gasteiger partial charge on any atom is 0.168 e. The Morgan fingerprint density at radius 3 is 2.73 bits per heavy atom. The predicted octanol–water partition coefficient (Wildman–Crippen LogP) is 1.60. The van der Waals surface area contributed by atoms with Crippen LogP contribution in [0.15, 0.2) is 12.5 Å². The molecule has 0 aliphatic rings. The van der Waals surface area contributed by atoms with Crippen LogP contribution in [-0.4, -0.2) is 40.4 Å². The molecule has 0 saturated heterocycles. The second kappa shape index (κ2) is 5.66. The zero-order valence-electron chi connectivity index (χ0n) is 9.68. The van der Waals surface area contributed by atoms with E-state index in [4.69, 9.17) is 0 Å². The maximum absolute atomic E-state index is 10.7. The van der Waals surface area contributed by atoms with E-state index < -0.39 is 0 Å². The third-order valence-electron chi connectivity index (χ3n) is 2.71. The quantitative estimate of drug-likeness (QED) is 0.668. The molecule has 0 radical (unpaired) electrons. The predicted molar refractivity (Wildman–Crippen MR) is 60.1 cm³/mol. The average molecular weight is 209 g/mol. The van der Waals surface area contributed by atoms with Crippen molar-refractivity contribution in [3.05, 3.63) is 18.2 Å². The van der Waals surface area contributed by atoms with Crippen LogP contribution in [0.4, 0.5) is 0 Å². The van der Waals surface area contributed by atoms with E-state index in [1.807, 2.05) is 4.57 Å². The minimum atomic E-state index is 0.285. The second-order valence-electron chi connectivity index (χ2n) is 3.68. The van der Waals surface area contributed by atoms with Gasteiger partial charge in [0.1, 0.15) is 5.69 Å². The van der Waals surface area contributed by atoms with Crippen molar-refractivity contribution in [1.82, 2.24) is 14.5 Å². The van der Waals surface area contributed by atoms with Gasteiger partial charge < -0.3 is 9.47 Å². The summed E-state index contributed by atoms with van der Waals surface area (Å²) in [5, 5.41) is 0. The molecule has 1 heterocycles. The van der Waals surface area contributed by atoms with Gasteiger partial charge in [0.2, 0.25) is 0 Å². The molecule has 0 aliphatic heterocycles. The zero-order chi connectivity index (χ0) is 11.3. The Bertz CT molecular complexity index is 305. The highest BCUT2D eigenvalue weighted by molar-refractivity contribution is 5.71. The monoisotopic (exact) mass is 209 g/mol. The molecule has 0 bridgehead atoms. The minimum absolute atomic E-state index is 0.285. The first-order chi connectivity index (χ1) is 7.22. The fourth-order valence-electron chi connectivity index (χ4n) is 1.72. The average Bonchev–Trinajstić information content (AvgIpc) is 2.73. The molecule has 0 saturated carbocycles. The van der Waals surface area contributed by atoms with Crippen LogP contribution in [0.5, 0.6) is 0 Å². The summed E-state index contributed by atoms with van der Waals surface area (Å²) < 4.78 is 1.92. The summed E-state index contributed by atoms with van der Waals surface area (Å²) in [7, 11) is 0. The summed E-state index contributed by atoms with van der Waals surface area (Å²) in [6.07, 6.45) is 4.18. The fraction of sp³-hybridized carbons (Fsp3) is 0.636. The minimum Gasteiger partial charge on any atom is -0.324 e. The molecule has 0 N–H and O–H groups in total. The van der Waals surface area contributed by atoms with Crippen molar-refractivity contribution in [2.45, 2.75) is 26.8 Å². The van der Waals surface area contributed by atoms with Gasteiger partial charge in [0, 0.05) is 12.6 Å². The van der Waals surface area contributed by atoms with Crippen molar-refractivity contribution in [1.29, 1.82) is 0 Å². The molecule has 84 valence electrons.